The van der Waals surface area contributed by atoms with E-state index in [1.807, 2.05) is 28.4 Å². The molecule has 158 valence electrons. The number of rotatable bonds is 6. The number of aromatic nitrogens is 4. The summed E-state index contributed by atoms with van der Waals surface area (Å²) in [6.07, 6.45) is 3.59. The quantitative estimate of drug-likeness (QED) is 0.582. The highest BCUT2D eigenvalue weighted by Gasteiger charge is 2.24. The zero-order valence-electron chi connectivity index (χ0n) is 18.1. The Labute approximate surface area is 183 Å². The average molecular weight is 425 g/mol. The van der Waals surface area contributed by atoms with E-state index in [4.69, 9.17) is 17.3 Å². The summed E-state index contributed by atoms with van der Waals surface area (Å²) in [5.74, 6) is 1.49. The molecule has 2 aromatic heterocycles. The van der Waals surface area contributed by atoms with Crippen LogP contribution in [0.1, 0.15) is 30.9 Å². The minimum absolute atomic E-state index is 0.594. The van der Waals surface area contributed by atoms with Crippen molar-refractivity contribution in [1.29, 1.82) is 0 Å². The van der Waals surface area contributed by atoms with Crippen LogP contribution in [0.4, 0.5) is 0 Å². The summed E-state index contributed by atoms with van der Waals surface area (Å²) in [4.78, 5) is 7.31. The Morgan fingerprint density at radius 2 is 1.60 bits per heavy atom. The molecule has 0 radical (unpaired) electrons. The van der Waals surface area contributed by atoms with E-state index >= 15 is 0 Å². The second-order valence-electron chi connectivity index (χ2n) is 8.63. The Balaban J connectivity index is 1.34. The van der Waals surface area contributed by atoms with Crippen LogP contribution in [0.25, 0.3) is 11.4 Å². The average Bonchev–Trinajstić information content (AvgIpc) is 3.04. The second kappa shape index (κ2) is 9.20. The van der Waals surface area contributed by atoms with Crippen LogP contribution in [0.5, 0.6) is 0 Å². The maximum absolute atomic E-state index is 5.65. The predicted octanol–water partition coefficient (Wildman–Crippen LogP) is 1.08. The Morgan fingerprint density at radius 1 is 0.967 bits per heavy atom. The van der Waals surface area contributed by atoms with Crippen LogP contribution in [0.2, 0.25) is 0 Å². The third-order valence-electron chi connectivity index (χ3n) is 6.12. The van der Waals surface area contributed by atoms with Gasteiger partial charge in [0, 0.05) is 30.6 Å². The molecule has 6 nitrogen and oxygen atoms in total. The van der Waals surface area contributed by atoms with Gasteiger partial charge in [-0.2, -0.15) is 4.68 Å². The van der Waals surface area contributed by atoms with Gasteiger partial charge in [-0.25, -0.2) is 0 Å². The highest BCUT2D eigenvalue weighted by molar-refractivity contribution is 7.71. The van der Waals surface area contributed by atoms with Crippen molar-refractivity contribution in [2.45, 2.75) is 33.0 Å². The topological polar surface area (TPSA) is 44.5 Å². The molecule has 1 aliphatic rings. The lowest BCUT2D eigenvalue weighted by atomic mass is 10.0. The van der Waals surface area contributed by atoms with E-state index in [2.05, 4.69) is 43.1 Å². The maximum atomic E-state index is 5.65. The molecule has 1 aliphatic heterocycles. The maximum Gasteiger partial charge on any atom is 0.202 e. The molecular weight excluding hydrogens is 392 g/mol. The van der Waals surface area contributed by atoms with Crippen molar-refractivity contribution < 1.29 is 9.80 Å². The lowest BCUT2D eigenvalue weighted by Crippen LogP contribution is -3.27. The fourth-order valence-corrected chi connectivity index (χ4v) is 4.35. The minimum Gasteiger partial charge on any atom is -0.322 e. The molecular formula is C23H32N6S+2. The van der Waals surface area contributed by atoms with Gasteiger partial charge in [-0.1, -0.05) is 38.1 Å². The first-order valence-electron chi connectivity index (χ1n) is 10.8. The van der Waals surface area contributed by atoms with E-state index in [1.54, 1.807) is 22.2 Å². The van der Waals surface area contributed by atoms with Crippen molar-refractivity contribution in [3.8, 4) is 11.4 Å². The van der Waals surface area contributed by atoms with E-state index < -0.39 is 0 Å². The number of hydrogen-bond acceptors (Lipinski definition) is 3. The number of hydrogen-bond donors (Lipinski definition) is 2. The Hall–Kier alpha value is -2.35. The largest absolute Gasteiger partial charge is 0.322 e. The number of quaternary nitrogens is 2. The molecule has 0 atom stereocenters. The monoisotopic (exact) mass is 424 g/mol. The van der Waals surface area contributed by atoms with Crippen molar-refractivity contribution in [3.63, 3.8) is 0 Å². The zero-order chi connectivity index (χ0) is 21.1. The van der Waals surface area contributed by atoms with Gasteiger partial charge in [0.15, 0.2) is 12.5 Å². The molecule has 0 amide bonds. The standard InChI is InChI=1S/C23H30N6S/c1-18(2)20-6-4-19(5-7-20)16-27-12-14-28(15-13-27)17-29-23(30)26(3)22(25-29)21-8-10-24-11-9-21/h4-11,18H,12-17H2,1-3H3/p+2. The number of nitrogens with zero attached hydrogens (tertiary/aromatic N) is 4. The van der Waals surface area contributed by atoms with Crippen molar-refractivity contribution >= 4 is 12.2 Å². The third-order valence-corrected chi connectivity index (χ3v) is 6.60. The summed E-state index contributed by atoms with van der Waals surface area (Å²) in [6, 6.07) is 13.1. The molecule has 0 aliphatic carbocycles. The zero-order valence-corrected chi connectivity index (χ0v) is 19.0. The predicted molar refractivity (Wildman–Crippen MR) is 121 cm³/mol. The molecule has 1 aromatic carbocycles. The summed E-state index contributed by atoms with van der Waals surface area (Å²) in [5, 5.41) is 4.80. The highest BCUT2D eigenvalue weighted by atomic mass is 32.1. The Kier molecular flexibility index (Phi) is 6.41. The van der Waals surface area contributed by atoms with Crippen LogP contribution in [-0.2, 0) is 20.3 Å². The molecule has 7 heteroatoms. The molecule has 3 aromatic rings. The molecule has 0 saturated carbocycles. The van der Waals surface area contributed by atoms with E-state index in [0.717, 1.165) is 42.5 Å². The van der Waals surface area contributed by atoms with Gasteiger partial charge < -0.3 is 14.4 Å². The summed E-state index contributed by atoms with van der Waals surface area (Å²) < 4.78 is 4.75. The first-order chi connectivity index (χ1) is 14.5. The normalized spacial score (nSPS) is 19.3. The summed E-state index contributed by atoms with van der Waals surface area (Å²) in [5.41, 5.74) is 3.90. The third kappa shape index (κ3) is 4.69. The smallest absolute Gasteiger partial charge is 0.202 e. The summed E-state index contributed by atoms with van der Waals surface area (Å²) in [6.45, 7) is 11.1. The van der Waals surface area contributed by atoms with Crippen molar-refractivity contribution in [2.24, 2.45) is 7.05 Å². The van der Waals surface area contributed by atoms with Gasteiger partial charge >= 0.3 is 0 Å². The van der Waals surface area contributed by atoms with Crippen LogP contribution in [-0.4, -0.2) is 45.5 Å². The van der Waals surface area contributed by atoms with E-state index in [-0.39, 0.29) is 0 Å². The summed E-state index contributed by atoms with van der Waals surface area (Å²) in [7, 11) is 1.99. The fraction of sp³-hybridized carbons (Fsp3) is 0.435. The first-order valence-corrected chi connectivity index (χ1v) is 11.2. The van der Waals surface area contributed by atoms with E-state index in [1.165, 1.54) is 24.2 Å². The van der Waals surface area contributed by atoms with Gasteiger partial charge in [-0.15, -0.1) is 5.10 Å². The lowest BCUT2D eigenvalue weighted by molar-refractivity contribution is -1.03. The van der Waals surface area contributed by atoms with Crippen molar-refractivity contribution in [1.82, 2.24) is 19.3 Å². The van der Waals surface area contributed by atoms with Gasteiger partial charge in [0.25, 0.3) is 0 Å². The van der Waals surface area contributed by atoms with Gasteiger partial charge in [0.1, 0.15) is 32.7 Å². The van der Waals surface area contributed by atoms with Crippen molar-refractivity contribution in [3.05, 3.63) is 64.7 Å². The molecule has 0 spiro atoms. The van der Waals surface area contributed by atoms with Crippen LogP contribution in [0.3, 0.4) is 0 Å². The van der Waals surface area contributed by atoms with Crippen LogP contribution >= 0.6 is 12.2 Å². The van der Waals surface area contributed by atoms with Gasteiger partial charge in [0.2, 0.25) is 4.77 Å². The SMILES string of the molecule is CC(C)c1ccc(C[NH+]2CC[NH+](Cn3nc(-c4ccncc4)n(C)c3=S)CC2)cc1. The van der Waals surface area contributed by atoms with Crippen LogP contribution in [0, 0.1) is 4.77 Å². The van der Waals surface area contributed by atoms with Gasteiger partial charge in [-0.05, 0) is 35.8 Å². The van der Waals surface area contributed by atoms with E-state index in [0.29, 0.717) is 5.92 Å². The van der Waals surface area contributed by atoms with Crippen LogP contribution in [0.15, 0.2) is 48.8 Å². The minimum atomic E-state index is 0.594. The molecule has 1 fully saturated rings. The number of benzene rings is 1. The highest BCUT2D eigenvalue weighted by Crippen LogP contribution is 2.16. The fourth-order valence-electron chi connectivity index (χ4n) is 4.16. The molecule has 3 heterocycles. The Morgan fingerprint density at radius 3 is 2.23 bits per heavy atom. The van der Waals surface area contributed by atoms with Crippen LogP contribution < -0.4 is 9.80 Å². The van der Waals surface area contributed by atoms with Gasteiger partial charge in [0.05, 0.1) is 0 Å². The number of piperazine rings is 1. The number of pyridine rings is 1. The lowest BCUT2D eigenvalue weighted by Gasteiger charge is -2.29. The van der Waals surface area contributed by atoms with Gasteiger partial charge in [-0.3, -0.25) is 4.98 Å². The van der Waals surface area contributed by atoms with Crippen molar-refractivity contribution in [2.75, 3.05) is 26.2 Å². The first kappa shape index (κ1) is 20.9. The second-order valence-corrected chi connectivity index (χ2v) is 9.00. The molecule has 4 rings (SSSR count). The molecule has 0 unspecified atom stereocenters. The summed E-state index contributed by atoms with van der Waals surface area (Å²) >= 11 is 5.65. The number of nitrogens with one attached hydrogen (secondary N) is 2. The molecule has 2 N–H and O–H groups in total. The Bertz CT molecular complexity index is 1010. The molecule has 30 heavy (non-hydrogen) atoms. The molecule has 0 bridgehead atoms. The molecule has 1 saturated heterocycles. The van der Waals surface area contributed by atoms with E-state index in [9.17, 15) is 0 Å².